The number of hydrogen-bond acceptors (Lipinski definition) is 5. The van der Waals surface area contributed by atoms with Gasteiger partial charge in [0.25, 0.3) is 0 Å². The maximum atomic E-state index is 13.6. The van der Waals surface area contributed by atoms with E-state index in [1.807, 2.05) is 4.57 Å². The van der Waals surface area contributed by atoms with Crippen LogP contribution in [0.5, 0.6) is 0 Å². The third kappa shape index (κ3) is 3.92. The summed E-state index contributed by atoms with van der Waals surface area (Å²) in [4.78, 5) is 6.81. The van der Waals surface area contributed by atoms with Crippen molar-refractivity contribution in [3.8, 4) is 5.69 Å². The van der Waals surface area contributed by atoms with Crippen LogP contribution < -0.4 is 0 Å². The number of benzene rings is 2. The lowest BCUT2D eigenvalue weighted by Gasteiger charge is -2.26. The van der Waals surface area contributed by atoms with Crippen molar-refractivity contribution in [2.24, 2.45) is 4.99 Å². The van der Waals surface area contributed by atoms with E-state index in [4.69, 9.17) is 16.3 Å². The van der Waals surface area contributed by atoms with Crippen molar-refractivity contribution in [1.82, 2.24) is 19.7 Å². The zero-order valence-electron chi connectivity index (χ0n) is 16.9. The van der Waals surface area contributed by atoms with E-state index in [1.54, 1.807) is 24.3 Å². The van der Waals surface area contributed by atoms with Gasteiger partial charge in [0.2, 0.25) is 0 Å². The number of rotatable bonds is 3. The van der Waals surface area contributed by atoms with Crippen molar-refractivity contribution >= 4 is 17.3 Å². The molecule has 2 aliphatic rings. The summed E-state index contributed by atoms with van der Waals surface area (Å²) < 4.78 is 48.0. The van der Waals surface area contributed by atoms with E-state index in [0.717, 1.165) is 25.2 Å². The molecule has 0 aliphatic carbocycles. The van der Waals surface area contributed by atoms with Crippen molar-refractivity contribution in [2.75, 3.05) is 26.3 Å². The zero-order chi connectivity index (χ0) is 22.3. The molecule has 0 unspecified atom stereocenters. The maximum Gasteiger partial charge on any atom is 0.416 e. The molecule has 0 spiro atoms. The molecule has 0 saturated carbocycles. The van der Waals surface area contributed by atoms with Gasteiger partial charge in [0, 0.05) is 29.2 Å². The Morgan fingerprint density at radius 1 is 1.00 bits per heavy atom. The summed E-state index contributed by atoms with van der Waals surface area (Å²) in [6.45, 7) is 3.45. The van der Waals surface area contributed by atoms with E-state index in [1.165, 1.54) is 6.07 Å². The van der Waals surface area contributed by atoms with Crippen LogP contribution >= 0.6 is 11.6 Å². The molecule has 1 saturated heterocycles. The van der Waals surface area contributed by atoms with Crippen molar-refractivity contribution in [3.05, 3.63) is 75.8 Å². The minimum atomic E-state index is -4.49. The number of aromatic nitrogens is 3. The molecule has 0 amide bonds. The molecule has 166 valence electrons. The number of ether oxygens (including phenoxy) is 1. The third-order valence-electron chi connectivity index (χ3n) is 5.59. The minimum absolute atomic E-state index is 0.173. The van der Waals surface area contributed by atoms with Crippen molar-refractivity contribution < 1.29 is 17.9 Å². The normalized spacial score (nSPS) is 16.8. The monoisotopic (exact) mass is 461 g/mol. The first kappa shape index (κ1) is 21.1. The molecular weight excluding hydrogens is 443 g/mol. The number of alkyl halides is 3. The maximum absolute atomic E-state index is 13.6. The number of aliphatic imine (C=N–C) groups is 1. The van der Waals surface area contributed by atoms with Crippen LogP contribution in [-0.4, -0.2) is 51.7 Å². The molecule has 0 N–H and O–H groups in total. The molecular formula is C22H19ClF3N5O. The van der Waals surface area contributed by atoms with Gasteiger partial charge < -0.3 is 4.74 Å². The molecule has 6 nitrogen and oxygen atoms in total. The molecule has 0 radical (unpaired) electrons. The largest absolute Gasteiger partial charge is 0.416 e. The summed E-state index contributed by atoms with van der Waals surface area (Å²) in [6, 6.07) is 10.7. The van der Waals surface area contributed by atoms with Gasteiger partial charge in [-0.05, 0) is 24.3 Å². The lowest BCUT2D eigenvalue weighted by molar-refractivity contribution is -0.137. The second-order valence-electron chi connectivity index (χ2n) is 7.63. The highest BCUT2D eigenvalue weighted by Gasteiger charge is 2.33. The van der Waals surface area contributed by atoms with Crippen LogP contribution in [-0.2, 0) is 24.0 Å². The topological polar surface area (TPSA) is 55.5 Å². The molecule has 2 aliphatic heterocycles. The highest BCUT2D eigenvalue weighted by atomic mass is 35.5. The van der Waals surface area contributed by atoms with E-state index >= 15 is 0 Å². The number of hydrogen-bond donors (Lipinski definition) is 0. The van der Waals surface area contributed by atoms with Crippen LogP contribution in [0.15, 0.2) is 47.5 Å². The Balaban J connectivity index is 1.66. The fraction of sp³-hybridized carbons (Fsp3) is 0.318. The number of nitrogens with zero attached hydrogens (tertiary/aromatic N) is 5. The van der Waals surface area contributed by atoms with Crippen LogP contribution in [0, 0.1) is 0 Å². The molecule has 32 heavy (non-hydrogen) atoms. The van der Waals surface area contributed by atoms with Gasteiger partial charge >= 0.3 is 6.18 Å². The van der Waals surface area contributed by atoms with Gasteiger partial charge in [-0.2, -0.15) is 13.2 Å². The minimum Gasteiger partial charge on any atom is -0.379 e. The van der Waals surface area contributed by atoms with Gasteiger partial charge in [0.1, 0.15) is 6.54 Å². The highest BCUT2D eigenvalue weighted by Crippen LogP contribution is 2.35. The van der Waals surface area contributed by atoms with Gasteiger partial charge in [-0.3, -0.25) is 14.5 Å². The molecule has 3 aromatic rings. The van der Waals surface area contributed by atoms with Crippen molar-refractivity contribution in [3.63, 3.8) is 0 Å². The fourth-order valence-electron chi connectivity index (χ4n) is 4.01. The van der Waals surface area contributed by atoms with Gasteiger partial charge in [-0.1, -0.05) is 29.8 Å². The lowest BCUT2D eigenvalue weighted by Crippen LogP contribution is -2.36. The Bertz CT molecular complexity index is 1180. The van der Waals surface area contributed by atoms with Crippen LogP contribution in [0.1, 0.15) is 28.3 Å². The van der Waals surface area contributed by atoms with Gasteiger partial charge in [-0.15, -0.1) is 10.2 Å². The van der Waals surface area contributed by atoms with Crippen molar-refractivity contribution in [2.45, 2.75) is 19.3 Å². The molecule has 1 fully saturated rings. The standard InChI is InChI=1S/C22H19ClF3N5O/c23-17-4-2-1-3-15(17)21-16-11-14(22(24,25)26)5-6-18(16)31-19(12-27-21)28-29-20(31)13-30-7-9-32-10-8-30/h1-6,11H,7-10,12-13H2. The summed E-state index contributed by atoms with van der Waals surface area (Å²) in [6.07, 6.45) is -4.49. The molecule has 1 aromatic heterocycles. The Hall–Kier alpha value is -2.75. The summed E-state index contributed by atoms with van der Waals surface area (Å²) >= 11 is 6.40. The lowest BCUT2D eigenvalue weighted by atomic mass is 9.98. The molecule has 3 heterocycles. The predicted molar refractivity (Wildman–Crippen MR) is 113 cm³/mol. The Labute approximate surface area is 187 Å². The van der Waals surface area contributed by atoms with Gasteiger partial charge in [-0.25, -0.2) is 0 Å². The molecule has 0 bridgehead atoms. The molecule has 10 heteroatoms. The zero-order valence-corrected chi connectivity index (χ0v) is 17.7. The Kier molecular flexibility index (Phi) is 5.48. The average Bonchev–Trinajstić information content (AvgIpc) is 3.09. The summed E-state index contributed by atoms with van der Waals surface area (Å²) in [5, 5.41) is 9.04. The molecule has 5 rings (SSSR count). The Morgan fingerprint density at radius 3 is 2.53 bits per heavy atom. The second kappa shape index (κ2) is 8.31. The quantitative estimate of drug-likeness (QED) is 0.588. The molecule has 0 atom stereocenters. The van der Waals surface area contributed by atoms with E-state index in [-0.39, 0.29) is 6.54 Å². The highest BCUT2D eigenvalue weighted by molar-refractivity contribution is 6.35. The van der Waals surface area contributed by atoms with Crippen LogP contribution in [0.2, 0.25) is 5.02 Å². The first-order valence-electron chi connectivity index (χ1n) is 10.2. The number of morpholine rings is 1. The number of fused-ring (bicyclic) bond motifs is 3. The average molecular weight is 462 g/mol. The number of halogens is 4. The smallest absolute Gasteiger partial charge is 0.379 e. The van der Waals surface area contributed by atoms with E-state index in [0.29, 0.717) is 59.0 Å². The van der Waals surface area contributed by atoms with Crippen LogP contribution in [0.25, 0.3) is 5.69 Å². The van der Waals surface area contributed by atoms with Gasteiger partial charge in [0.15, 0.2) is 11.6 Å². The molecule has 2 aromatic carbocycles. The summed E-state index contributed by atoms with van der Waals surface area (Å²) in [5.74, 6) is 1.22. The van der Waals surface area contributed by atoms with E-state index in [9.17, 15) is 13.2 Å². The second-order valence-corrected chi connectivity index (χ2v) is 8.04. The van der Waals surface area contributed by atoms with E-state index in [2.05, 4.69) is 20.1 Å². The van der Waals surface area contributed by atoms with Crippen molar-refractivity contribution in [1.29, 1.82) is 0 Å². The first-order valence-corrected chi connectivity index (χ1v) is 10.5. The van der Waals surface area contributed by atoms with Crippen LogP contribution in [0.3, 0.4) is 0 Å². The Morgan fingerprint density at radius 2 is 1.78 bits per heavy atom. The first-order chi connectivity index (χ1) is 15.4. The van der Waals surface area contributed by atoms with Crippen LogP contribution in [0.4, 0.5) is 13.2 Å². The SMILES string of the molecule is FC(F)(F)c1ccc2c(c1)C(c1ccccc1Cl)=NCc1nnc(CN3CCOCC3)n1-2. The predicted octanol–water partition coefficient (Wildman–Crippen LogP) is 4.12. The van der Waals surface area contributed by atoms with Gasteiger partial charge in [0.05, 0.1) is 36.7 Å². The summed E-state index contributed by atoms with van der Waals surface area (Å²) in [5.41, 5.74) is 1.12. The third-order valence-corrected chi connectivity index (χ3v) is 5.92. The fourth-order valence-corrected chi connectivity index (χ4v) is 4.24. The summed E-state index contributed by atoms with van der Waals surface area (Å²) in [7, 11) is 0. The van der Waals surface area contributed by atoms with E-state index < -0.39 is 11.7 Å².